The topological polar surface area (TPSA) is 74.7 Å². The van der Waals surface area contributed by atoms with E-state index < -0.39 is 22.4 Å². The Balaban J connectivity index is 2.32. The van der Waals surface area contributed by atoms with Crippen molar-refractivity contribution in [1.29, 1.82) is 0 Å². The van der Waals surface area contributed by atoms with Gasteiger partial charge in [0.1, 0.15) is 5.25 Å². The molecule has 1 aliphatic rings. The lowest BCUT2D eigenvalue weighted by Gasteiger charge is -2.16. The van der Waals surface area contributed by atoms with Gasteiger partial charge in [-0.1, -0.05) is 17.7 Å². The lowest BCUT2D eigenvalue weighted by Crippen LogP contribution is -2.32. The highest BCUT2D eigenvalue weighted by Gasteiger charge is 2.42. The lowest BCUT2D eigenvalue weighted by atomic mass is 10.1. The summed E-state index contributed by atoms with van der Waals surface area (Å²) in [7, 11) is 0. The first kappa shape index (κ1) is 13.6. The highest BCUT2D eigenvalue weighted by Crippen LogP contribution is 2.35. The summed E-state index contributed by atoms with van der Waals surface area (Å²) in [6, 6.07) is 5.41. The maximum Gasteiger partial charge on any atom is 0.305 e. The van der Waals surface area contributed by atoms with Crippen molar-refractivity contribution in [3.8, 4) is 0 Å². The van der Waals surface area contributed by atoms with Crippen molar-refractivity contribution >= 4 is 34.6 Å². The number of thioether (sulfide) groups is 1. The molecule has 5 nitrogen and oxygen atoms in total. The summed E-state index contributed by atoms with van der Waals surface area (Å²) in [5, 5.41) is 7.49. The summed E-state index contributed by atoms with van der Waals surface area (Å²) >= 11 is 0.774. The number of carboxylic acid groups (broad SMARTS) is 1. The van der Waals surface area contributed by atoms with E-state index >= 15 is 0 Å². The third-order valence-corrected chi connectivity index (χ3v) is 3.91. The quantitative estimate of drug-likeness (QED) is 0.919. The number of hydrogen-bond donors (Lipinski definition) is 1. The first-order valence-corrected chi connectivity index (χ1v) is 6.61. The van der Waals surface area contributed by atoms with Crippen LogP contribution >= 0.6 is 11.8 Å². The molecular formula is C13H13NO4S. The lowest BCUT2D eigenvalue weighted by molar-refractivity contribution is -0.138. The van der Waals surface area contributed by atoms with Gasteiger partial charge < -0.3 is 5.11 Å². The van der Waals surface area contributed by atoms with Crippen molar-refractivity contribution in [2.24, 2.45) is 0 Å². The Bertz CT molecular complexity index is 570. The normalized spacial score (nSPS) is 19.1. The maximum absolute atomic E-state index is 12.1. The molecule has 1 aromatic rings. The Morgan fingerprint density at radius 2 is 2.05 bits per heavy atom. The number of imide groups is 1. The van der Waals surface area contributed by atoms with E-state index in [9.17, 15) is 14.4 Å². The number of carbonyl (C=O) groups is 3. The van der Waals surface area contributed by atoms with Crippen molar-refractivity contribution < 1.29 is 19.5 Å². The number of rotatable bonds is 3. The average Bonchev–Trinajstić information content (AvgIpc) is 2.55. The molecule has 1 atom stereocenters. The molecule has 2 rings (SSSR count). The van der Waals surface area contributed by atoms with Crippen LogP contribution in [0.1, 0.15) is 17.5 Å². The van der Waals surface area contributed by atoms with Crippen LogP contribution in [-0.2, 0) is 9.59 Å². The second-order valence-corrected chi connectivity index (χ2v) is 5.59. The van der Waals surface area contributed by atoms with Gasteiger partial charge in [0.05, 0.1) is 12.1 Å². The third-order valence-electron chi connectivity index (χ3n) is 2.87. The Kier molecular flexibility index (Phi) is 3.61. The Morgan fingerprint density at radius 3 is 2.63 bits per heavy atom. The van der Waals surface area contributed by atoms with Gasteiger partial charge in [0, 0.05) is 0 Å². The fourth-order valence-corrected chi connectivity index (χ4v) is 2.99. The standard InChI is InChI=1S/C13H13NO4S/c1-7-3-4-9(8(2)5-7)14-12(17)10(6-11(15)16)19-13(14)18/h3-5,10H,6H2,1-2H3,(H,15,16)/t10-/m1/s1. The summed E-state index contributed by atoms with van der Waals surface area (Å²) in [6.45, 7) is 3.74. The van der Waals surface area contributed by atoms with Gasteiger partial charge >= 0.3 is 5.97 Å². The first-order chi connectivity index (χ1) is 8.90. The number of aryl methyl sites for hydroxylation is 2. The molecule has 1 heterocycles. The van der Waals surface area contributed by atoms with Gasteiger partial charge in [-0.05, 0) is 37.2 Å². The third kappa shape index (κ3) is 2.63. The summed E-state index contributed by atoms with van der Waals surface area (Å²) in [4.78, 5) is 35.7. The number of hydrogen-bond acceptors (Lipinski definition) is 4. The first-order valence-electron chi connectivity index (χ1n) is 5.74. The Labute approximate surface area is 114 Å². The van der Waals surface area contributed by atoms with Crippen LogP contribution in [0, 0.1) is 13.8 Å². The summed E-state index contributed by atoms with van der Waals surface area (Å²) < 4.78 is 0. The Hall–Kier alpha value is -1.82. The van der Waals surface area contributed by atoms with Crippen LogP contribution in [0.15, 0.2) is 18.2 Å². The molecule has 6 heteroatoms. The smallest absolute Gasteiger partial charge is 0.305 e. The summed E-state index contributed by atoms with van der Waals surface area (Å²) in [5.41, 5.74) is 2.38. The highest BCUT2D eigenvalue weighted by molar-refractivity contribution is 8.15. The van der Waals surface area contributed by atoms with Crippen molar-refractivity contribution in [3.63, 3.8) is 0 Å². The second kappa shape index (κ2) is 5.05. The molecule has 0 aliphatic carbocycles. The zero-order chi connectivity index (χ0) is 14.2. The molecule has 0 radical (unpaired) electrons. The maximum atomic E-state index is 12.1. The number of benzene rings is 1. The fourth-order valence-electron chi connectivity index (χ4n) is 2.02. The zero-order valence-corrected chi connectivity index (χ0v) is 11.4. The van der Waals surface area contributed by atoms with E-state index in [1.165, 1.54) is 0 Å². The van der Waals surface area contributed by atoms with E-state index in [-0.39, 0.29) is 6.42 Å². The predicted molar refractivity (Wildman–Crippen MR) is 72.4 cm³/mol. The molecule has 1 saturated heterocycles. The van der Waals surface area contributed by atoms with Gasteiger partial charge in [-0.15, -0.1) is 0 Å². The van der Waals surface area contributed by atoms with E-state index in [0.29, 0.717) is 5.69 Å². The monoisotopic (exact) mass is 279 g/mol. The highest BCUT2D eigenvalue weighted by atomic mass is 32.2. The summed E-state index contributed by atoms with van der Waals surface area (Å²) in [6.07, 6.45) is -0.337. The molecule has 0 spiro atoms. The van der Waals surface area contributed by atoms with Crippen LogP contribution in [0.4, 0.5) is 10.5 Å². The predicted octanol–water partition coefficient (Wildman–Crippen LogP) is 2.35. The molecule has 1 aliphatic heterocycles. The van der Waals surface area contributed by atoms with Gasteiger partial charge in [-0.2, -0.15) is 0 Å². The van der Waals surface area contributed by atoms with Gasteiger partial charge in [0.2, 0.25) is 5.91 Å². The zero-order valence-electron chi connectivity index (χ0n) is 10.5. The minimum absolute atomic E-state index is 0.337. The van der Waals surface area contributed by atoms with E-state index in [1.54, 1.807) is 6.07 Å². The molecule has 0 saturated carbocycles. The number of carboxylic acids is 1. The number of anilines is 1. The van der Waals surface area contributed by atoms with Crippen LogP contribution in [0.3, 0.4) is 0 Å². The van der Waals surface area contributed by atoms with E-state index in [4.69, 9.17) is 5.11 Å². The number of amides is 2. The minimum atomic E-state index is -1.08. The molecule has 19 heavy (non-hydrogen) atoms. The summed E-state index contributed by atoms with van der Waals surface area (Å²) in [5.74, 6) is -1.54. The van der Waals surface area contributed by atoms with Crippen LogP contribution in [0.5, 0.6) is 0 Å². The molecule has 0 unspecified atom stereocenters. The van der Waals surface area contributed by atoms with Crippen molar-refractivity contribution in [1.82, 2.24) is 0 Å². The molecular weight excluding hydrogens is 266 g/mol. The number of aliphatic carboxylic acids is 1. The largest absolute Gasteiger partial charge is 0.481 e. The van der Waals surface area contributed by atoms with Crippen molar-refractivity contribution in [2.75, 3.05) is 4.90 Å². The fraction of sp³-hybridized carbons (Fsp3) is 0.308. The van der Waals surface area contributed by atoms with Gasteiger partial charge in [0.15, 0.2) is 0 Å². The van der Waals surface area contributed by atoms with E-state index in [1.807, 2.05) is 26.0 Å². The molecule has 1 aromatic carbocycles. The van der Waals surface area contributed by atoms with Crippen LogP contribution < -0.4 is 4.90 Å². The van der Waals surface area contributed by atoms with Gasteiger partial charge in [-0.25, -0.2) is 4.90 Å². The second-order valence-electron chi connectivity index (χ2n) is 4.43. The Morgan fingerprint density at radius 1 is 1.37 bits per heavy atom. The molecule has 2 amide bonds. The van der Waals surface area contributed by atoms with Gasteiger partial charge in [0.25, 0.3) is 5.24 Å². The number of nitrogens with zero attached hydrogens (tertiary/aromatic N) is 1. The molecule has 1 N–H and O–H groups in total. The van der Waals surface area contributed by atoms with Crippen LogP contribution in [-0.4, -0.2) is 27.5 Å². The van der Waals surface area contributed by atoms with E-state index in [0.717, 1.165) is 27.8 Å². The SMILES string of the molecule is Cc1ccc(N2C(=O)S[C@H](CC(=O)O)C2=O)c(C)c1. The van der Waals surface area contributed by atoms with Crippen LogP contribution in [0.25, 0.3) is 0 Å². The molecule has 100 valence electrons. The van der Waals surface area contributed by atoms with Crippen LogP contribution in [0.2, 0.25) is 0 Å². The molecule has 0 bridgehead atoms. The average molecular weight is 279 g/mol. The van der Waals surface area contributed by atoms with Crippen molar-refractivity contribution in [2.45, 2.75) is 25.5 Å². The minimum Gasteiger partial charge on any atom is -0.481 e. The number of carbonyl (C=O) groups excluding carboxylic acids is 2. The van der Waals surface area contributed by atoms with E-state index in [2.05, 4.69) is 0 Å². The van der Waals surface area contributed by atoms with Gasteiger partial charge in [-0.3, -0.25) is 14.4 Å². The van der Waals surface area contributed by atoms with Crippen molar-refractivity contribution in [3.05, 3.63) is 29.3 Å². The molecule has 1 fully saturated rings. The molecule has 0 aromatic heterocycles.